The summed E-state index contributed by atoms with van der Waals surface area (Å²) in [4.78, 5) is 2.38. The molecular formula is C13H19FN2. The molecule has 88 valence electrons. The Labute approximate surface area is 96.2 Å². The monoisotopic (exact) mass is 222 g/mol. The summed E-state index contributed by atoms with van der Waals surface area (Å²) in [6.45, 7) is 3.87. The quantitative estimate of drug-likeness (QED) is 0.847. The molecule has 1 aromatic rings. The number of benzene rings is 1. The largest absolute Gasteiger partial charge is 0.329 e. The maximum absolute atomic E-state index is 13.1. The molecule has 0 bridgehead atoms. The Bertz CT molecular complexity index is 332. The molecular weight excluding hydrogens is 203 g/mol. The van der Waals surface area contributed by atoms with E-state index in [-0.39, 0.29) is 5.82 Å². The van der Waals surface area contributed by atoms with Gasteiger partial charge in [0, 0.05) is 13.1 Å². The van der Waals surface area contributed by atoms with Gasteiger partial charge in [-0.3, -0.25) is 0 Å². The van der Waals surface area contributed by atoms with Crippen LogP contribution in [0.4, 0.5) is 4.39 Å². The average molecular weight is 222 g/mol. The lowest BCUT2D eigenvalue weighted by Gasteiger charge is -2.31. The van der Waals surface area contributed by atoms with Gasteiger partial charge in [0.25, 0.3) is 0 Å². The van der Waals surface area contributed by atoms with Crippen LogP contribution < -0.4 is 5.73 Å². The molecule has 1 aliphatic heterocycles. The van der Waals surface area contributed by atoms with Gasteiger partial charge in [-0.2, -0.15) is 0 Å². The Morgan fingerprint density at radius 1 is 1.31 bits per heavy atom. The molecule has 1 fully saturated rings. The number of rotatable bonds is 3. The molecule has 0 saturated carbocycles. The minimum atomic E-state index is -0.123. The van der Waals surface area contributed by atoms with Crippen LogP contribution in [0.3, 0.4) is 0 Å². The molecule has 0 aliphatic carbocycles. The van der Waals surface area contributed by atoms with Gasteiger partial charge in [0.15, 0.2) is 0 Å². The van der Waals surface area contributed by atoms with Crippen molar-refractivity contribution < 1.29 is 4.39 Å². The van der Waals surface area contributed by atoms with Crippen LogP contribution in [-0.4, -0.2) is 31.1 Å². The third-order valence-corrected chi connectivity index (χ3v) is 3.35. The van der Waals surface area contributed by atoms with Crippen LogP contribution in [0.2, 0.25) is 0 Å². The van der Waals surface area contributed by atoms with E-state index in [0.717, 1.165) is 44.6 Å². The molecule has 2 N–H and O–H groups in total. The van der Waals surface area contributed by atoms with Crippen molar-refractivity contribution in [1.29, 1.82) is 0 Å². The molecule has 0 unspecified atom stereocenters. The highest BCUT2D eigenvalue weighted by Crippen LogP contribution is 2.27. The van der Waals surface area contributed by atoms with Crippen LogP contribution in [-0.2, 0) is 0 Å². The van der Waals surface area contributed by atoms with Crippen molar-refractivity contribution in [2.24, 2.45) is 5.73 Å². The molecule has 0 amide bonds. The number of halogens is 1. The van der Waals surface area contributed by atoms with Crippen LogP contribution in [0, 0.1) is 5.82 Å². The molecule has 2 nitrogen and oxygen atoms in total. The highest BCUT2D eigenvalue weighted by atomic mass is 19.1. The summed E-state index contributed by atoms with van der Waals surface area (Å²) < 4.78 is 13.1. The third kappa shape index (κ3) is 2.80. The van der Waals surface area contributed by atoms with Crippen molar-refractivity contribution in [3.63, 3.8) is 0 Å². The number of piperidine rings is 1. The Morgan fingerprint density at radius 2 is 2.06 bits per heavy atom. The summed E-state index contributed by atoms with van der Waals surface area (Å²) in [6, 6.07) is 7.01. The summed E-state index contributed by atoms with van der Waals surface area (Å²) in [5, 5.41) is 0. The lowest BCUT2D eigenvalue weighted by atomic mass is 9.89. The zero-order valence-corrected chi connectivity index (χ0v) is 9.53. The van der Waals surface area contributed by atoms with E-state index in [4.69, 9.17) is 5.73 Å². The zero-order valence-electron chi connectivity index (χ0n) is 9.53. The topological polar surface area (TPSA) is 29.3 Å². The number of hydrogen-bond acceptors (Lipinski definition) is 2. The van der Waals surface area contributed by atoms with Gasteiger partial charge < -0.3 is 10.6 Å². The zero-order chi connectivity index (χ0) is 11.4. The molecule has 2 rings (SSSR count). The van der Waals surface area contributed by atoms with E-state index in [2.05, 4.69) is 4.90 Å². The van der Waals surface area contributed by atoms with Gasteiger partial charge in [0.2, 0.25) is 0 Å². The maximum atomic E-state index is 13.1. The van der Waals surface area contributed by atoms with Crippen molar-refractivity contribution in [2.45, 2.75) is 18.8 Å². The molecule has 1 saturated heterocycles. The normalized spacial score (nSPS) is 18.9. The van der Waals surface area contributed by atoms with Gasteiger partial charge >= 0.3 is 0 Å². The molecule has 3 heteroatoms. The van der Waals surface area contributed by atoms with Crippen LogP contribution in [0.1, 0.15) is 24.3 Å². The van der Waals surface area contributed by atoms with E-state index in [1.54, 1.807) is 12.1 Å². The Morgan fingerprint density at radius 3 is 2.69 bits per heavy atom. The van der Waals surface area contributed by atoms with Crippen molar-refractivity contribution in [3.05, 3.63) is 35.6 Å². The second kappa shape index (κ2) is 5.41. The van der Waals surface area contributed by atoms with E-state index in [9.17, 15) is 4.39 Å². The van der Waals surface area contributed by atoms with Crippen molar-refractivity contribution in [3.8, 4) is 0 Å². The fraction of sp³-hybridized carbons (Fsp3) is 0.538. The van der Waals surface area contributed by atoms with Gasteiger partial charge in [0.1, 0.15) is 5.82 Å². The van der Waals surface area contributed by atoms with E-state index in [0.29, 0.717) is 5.92 Å². The SMILES string of the molecule is NCCN1CCC(c2cccc(F)c2)CC1. The second-order valence-electron chi connectivity index (χ2n) is 4.46. The van der Waals surface area contributed by atoms with Crippen LogP contribution in [0.25, 0.3) is 0 Å². The van der Waals surface area contributed by atoms with Crippen LogP contribution in [0.5, 0.6) is 0 Å². The highest BCUT2D eigenvalue weighted by Gasteiger charge is 2.19. The predicted octanol–water partition coefficient (Wildman–Crippen LogP) is 1.96. The highest BCUT2D eigenvalue weighted by molar-refractivity contribution is 5.21. The minimum Gasteiger partial charge on any atom is -0.329 e. The summed E-state index contributed by atoms with van der Waals surface area (Å²) in [5.74, 6) is 0.395. The molecule has 1 aliphatic rings. The van der Waals surface area contributed by atoms with E-state index >= 15 is 0 Å². The number of hydrogen-bond donors (Lipinski definition) is 1. The van der Waals surface area contributed by atoms with E-state index < -0.39 is 0 Å². The molecule has 0 radical (unpaired) electrons. The number of likely N-dealkylation sites (tertiary alicyclic amines) is 1. The molecule has 0 atom stereocenters. The van der Waals surface area contributed by atoms with E-state index in [1.807, 2.05) is 6.07 Å². The van der Waals surface area contributed by atoms with Gasteiger partial charge in [-0.1, -0.05) is 12.1 Å². The Kier molecular flexibility index (Phi) is 3.91. The molecule has 16 heavy (non-hydrogen) atoms. The number of nitrogens with two attached hydrogens (primary N) is 1. The van der Waals surface area contributed by atoms with Crippen LogP contribution in [0.15, 0.2) is 24.3 Å². The first kappa shape index (κ1) is 11.6. The molecule has 1 aromatic carbocycles. The van der Waals surface area contributed by atoms with Gasteiger partial charge in [0.05, 0.1) is 0 Å². The predicted molar refractivity (Wildman–Crippen MR) is 63.9 cm³/mol. The summed E-state index contributed by atoms with van der Waals surface area (Å²) in [6.07, 6.45) is 2.23. The summed E-state index contributed by atoms with van der Waals surface area (Å²) >= 11 is 0. The van der Waals surface area contributed by atoms with Gasteiger partial charge in [-0.25, -0.2) is 4.39 Å². The number of nitrogens with zero attached hydrogens (tertiary/aromatic N) is 1. The Hall–Kier alpha value is -0.930. The van der Waals surface area contributed by atoms with Crippen molar-refractivity contribution in [1.82, 2.24) is 4.90 Å². The third-order valence-electron chi connectivity index (χ3n) is 3.35. The molecule has 0 aromatic heterocycles. The summed E-state index contributed by atoms with van der Waals surface area (Å²) in [5.41, 5.74) is 6.68. The van der Waals surface area contributed by atoms with Crippen molar-refractivity contribution in [2.75, 3.05) is 26.2 Å². The fourth-order valence-corrected chi connectivity index (χ4v) is 2.43. The smallest absolute Gasteiger partial charge is 0.123 e. The first-order valence-electron chi connectivity index (χ1n) is 5.97. The van der Waals surface area contributed by atoms with Crippen LogP contribution >= 0.6 is 0 Å². The van der Waals surface area contributed by atoms with Gasteiger partial charge in [-0.05, 0) is 49.5 Å². The maximum Gasteiger partial charge on any atom is 0.123 e. The fourth-order valence-electron chi connectivity index (χ4n) is 2.43. The average Bonchev–Trinajstić information content (AvgIpc) is 2.30. The van der Waals surface area contributed by atoms with Gasteiger partial charge in [-0.15, -0.1) is 0 Å². The molecule has 1 heterocycles. The standard InChI is InChI=1S/C13H19FN2/c14-13-3-1-2-12(10-13)11-4-7-16(8-5-11)9-6-15/h1-3,10-11H,4-9,15H2. The molecule has 0 spiro atoms. The summed E-state index contributed by atoms with van der Waals surface area (Å²) in [7, 11) is 0. The second-order valence-corrected chi connectivity index (χ2v) is 4.46. The first-order chi connectivity index (χ1) is 7.79. The Balaban J connectivity index is 1.94. The van der Waals surface area contributed by atoms with Crippen molar-refractivity contribution >= 4 is 0 Å². The lowest BCUT2D eigenvalue weighted by molar-refractivity contribution is 0.217. The lowest BCUT2D eigenvalue weighted by Crippen LogP contribution is -2.36. The minimum absolute atomic E-state index is 0.123. The van der Waals surface area contributed by atoms with E-state index in [1.165, 1.54) is 6.07 Å². The first-order valence-corrected chi connectivity index (χ1v) is 5.97.